The summed E-state index contributed by atoms with van der Waals surface area (Å²) in [6, 6.07) is 0. The average molecular weight is 251 g/mol. The van der Waals surface area contributed by atoms with E-state index in [1.54, 1.807) is 6.33 Å². The van der Waals surface area contributed by atoms with Crippen LogP contribution in [0.15, 0.2) is 6.33 Å². The van der Waals surface area contributed by atoms with Crippen molar-refractivity contribution in [1.82, 2.24) is 14.8 Å². The van der Waals surface area contributed by atoms with Crippen LogP contribution in [0, 0.1) is 0 Å². The molecule has 0 saturated carbocycles. The predicted molar refractivity (Wildman–Crippen MR) is 48.0 cm³/mol. The lowest BCUT2D eigenvalue weighted by atomic mass is 10.5. The SMILES string of the molecule is CCCn1ncnc1CI. The highest BCUT2D eigenvalue weighted by atomic mass is 127. The fraction of sp³-hybridized carbons (Fsp3) is 0.667. The van der Waals surface area contributed by atoms with Gasteiger partial charge in [-0.05, 0) is 6.42 Å². The molecule has 1 rings (SSSR count). The van der Waals surface area contributed by atoms with Gasteiger partial charge in [-0.1, -0.05) is 29.5 Å². The zero-order valence-electron chi connectivity index (χ0n) is 5.92. The average Bonchev–Trinajstić information content (AvgIpc) is 2.36. The summed E-state index contributed by atoms with van der Waals surface area (Å²) < 4.78 is 2.89. The molecule has 1 aromatic heterocycles. The summed E-state index contributed by atoms with van der Waals surface area (Å²) in [5, 5.41) is 4.08. The number of nitrogens with zero attached hydrogens (tertiary/aromatic N) is 3. The Morgan fingerprint density at radius 1 is 1.70 bits per heavy atom. The first-order valence-electron chi connectivity index (χ1n) is 3.31. The van der Waals surface area contributed by atoms with Gasteiger partial charge in [0.15, 0.2) is 0 Å². The van der Waals surface area contributed by atoms with E-state index in [9.17, 15) is 0 Å². The maximum absolute atomic E-state index is 4.10. The number of rotatable bonds is 3. The first-order chi connectivity index (χ1) is 4.88. The Labute approximate surface area is 74.0 Å². The fourth-order valence-corrected chi connectivity index (χ4v) is 1.38. The van der Waals surface area contributed by atoms with Crippen LogP contribution in [0.5, 0.6) is 0 Å². The van der Waals surface area contributed by atoms with Gasteiger partial charge in [0.25, 0.3) is 0 Å². The van der Waals surface area contributed by atoms with E-state index in [0.717, 1.165) is 23.2 Å². The van der Waals surface area contributed by atoms with Gasteiger partial charge in [0.05, 0.1) is 4.43 Å². The lowest BCUT2D eigenvalue weighted by Gasteiger charge is -1.98. The molecule has 0 amide bonds. The van der Waals surface area contributed by atoms with Crippen molar-refractivity contribution in [3.05, 3.63) is 12.2 Å². The van der Waals surface area contributed by atoms with Gasteiger partial charge >= 0.3 is 0 Å². The molecule has 0 spiro atoms. The quantitative estimate of drug-likeness (QED) is 0.603. The summed E-state index contributed by atoms with van der Waals surface area (Å²) >= 11 is 2.29. The standard InChI is InChI=1S/C6H10IN3/c1-2-3-10-6(4-7)8-5-9-10/h5H,2-4H2,1H3. The Morgan fingerprint density at radius 3 is 3.10 bits per heavy atom. The number of aromatic nitrogens is 3. The van der Waals surface area contributed by atoms with Crippen molar-refractivity contribution in [2.45, 2.75) is 24.3 Å². The number of hydrogen-bond acceptors (Lipinski definition) is 2. The summed E-state index contributed by atoms with van der Waals surface area (Å²) in [5.41, 5.74) is 0. The van der Waals surface area contributed by atoms with E-state index in [-0.39, 0.29) is 0 Å². The van der Waals surface area contributed by atoms with Crippen LogP contribution in [-0.4, -0.2) is 14.8 Å². The minimum absolute atomic E-state index is 0.942. The first kappa shape index (κ1) is 7.97. The van der Waals surface area contributed by atoms with Crippen LogP contribution < -0.4 is 0 Å². The smallest absolute Gasteiger partial charge is 0.138 e. The predicted octanol–water partition coefficient (Wildman–Crippen LogP) is 1.62. The minimum atomic E-state index is 0.942. The largest absolute Gasteiger partial charge is 0.249 e. The molecule has 0 aliphatic rings. The van der Waals surface area contributed by atoms with Gasteiger partial charge < -0.3 is 0 Å². The molecule has 0 fully saturated rings. The van der Waals surface area contributed by atoms with E-state index in [1.807, 2.05) is 4.68 Å². The topological polar surface area (TPSA) is 30.7 Å². The maximum Gasteiger partial charge on any atom is 0.138 e. The summed E-state index contributed by atoms with van der Waals surface area (Å²) in [6.45, 7) is 3.12. The van der Waals surface area contributed by atoms with Crippen LogP contribution in [0.1, 0.15) is 19.2 Å². The van der Waals surface area contributed by atoms with Gasteiger partial charge in [-0.3, -0.25) is 0 Å². The second kappa shape index (κ2) is 3.90. The van der Waals surface area contributed by atoms with Gasteiger partial charge in [-0.2, -0.15) is 5.10 Å². The van der Waals surface area contributed by atoms with Crippen molar-refractivity contribution in [3.8, 4) is 0 Å². The number of alkyl halides is 1. The molecule has 0 aliphatic heterocycles. The monoisotopic (exact) mass is 251 g/mol. The third-order valence-corrected chi connectivity index (χ3v) is 1.93. The van der Waals surface area contributed by atoms with Crippen molar-refractivity contribution in [2.24, 2.45) is 0 Å². The van der Waals surface area contributed by atoms with Gasteiger partial charge in [0.2, 0.25) is 0 Å². The second-order valence-electron chi connectivity index (χ2n) is 2.03. The molecule has 1 aromatic rings. The van der Waals surface area contributed by atoms with Crippen molar-refractivity contribution in [2.75, 3.05) is 0 Å². The van der Waals surface area contributed by atoms with Crippen molar-refractivity contribution in [1.29, 1.82) is 0 Å². The van der Waals surface area contributed by atoms with Crippen LogP contribution >= 0.6 is 22.6 Å². The lowest BCUT2D eigenvalue weighted by molar-refractivity contribution is 0.583. The summed E-state index contributed by atoms with van der Waals surface area (Å²) in [7, 11) is 0. The Morgan fingerprint density at radius 2 is 2.50 bits per heavy atom. The van der Waals surface area contributed by atoms with Crippen LogP contribution in [0.2, 0.25) is 0 Å². The third kappa shape index (κ3) is 1.68. The molecule has 3 nitrogen and oxygen atoms in total. The Bertz CT molecular complexity index is 197. The van der Waals surface area contributed by atoms with Crippen LogP contribution in [0.25, 0.3) is 0 Å². The second-order valence-corrected chi connectivity index (χ2v) is 2.80. The van der Waals surface area contributed by atoms with E-state index in [0.29, 0.717) is 0 Å². The molecule has 0 aliphatic carbocycles. The van der Waals surface area contributed by atoms with Gasteiger partial charge in [0, 0.05) is 6.54 Å². The molecule has 0 N–H and O–H groups in total. The van der Waals surface area contributed by atoms with Gasteiger partial charge in [-0.15, -0.1) is 0 Å². The summed E-state index contributed by atoms with van der Waals surface area (Å²) in [6.07, 6.45) is 2.73. The van der Waals surface area contributed by atoms with Gasteiger partial charge in [-0.25, -0.2) is 9.67 Å². The van der Waals surface area contributed by atoms with E-state index in [4.69, 9.17) is 0 Å². The highest BCUT2D eigenvalue weighted by molar-refractivity contribution is 14.1. The molecular weight excluding hydrogens is 241 g/mol. The van der Waals surface area contributed by atoms with Crippen LogP contribution in [-0.2, 0) is 11.0 Å². The van der Waals surface area contributed by atoms with E-state index < -0.39 is 0 Å². The molecule has 56 valence electrons. The highest BCUT2D eigenvalue weighted by Gasteiger charge is 1.98. The van der Waals surface area contributed by atoms with Gasteiger partial charge in [0.1, 0.15) is 12.2 Å². The summed E-state index contributed by atoms with van der Waals surface area (Å²) in [5.74, 6) is 1.07. The zero-order chi connectivity index (χ0) is 7.40. The number of hydrogen-bond donors (Lipinski definition) is 0. The molecule has 0 unspecified atom stereocenters. The molecule has 0 aromatic carbocycles. The molecule has 0 atom stereocenters. The molecule has 4 heteroatoms. The Hall–Kier alpha value is -0.130. The number of halogens is 1. The first-order valence-corrected chi connectivity index (χ1v) is 4.83. The van der Waals surface area contributed by atoms with Crippen molar-refractivity contribution >= 4 is 22.6 Å². The molecule has 10 heavy (non-hydrogen) atoms. The van der Waals surface area contributed by atoms with Crippen molar-refractivity contribution < 1.29 is 0 Å². The molecule has 0 bridgehead atoms. The molecule has 0 radical (unpaired) electrons. The Balaban J connectivity index is 2.70. The third-order valence-electron chi connectivity index (χ3n) is 1.25. The fourth-order valence-electron chi connectivity index (χ4n) is 0.790. The van der Waals surface area contributed by atoms with Crippen LogP contribution in [0.3, 0.4) is 0 Å². The molecule has 1 heterocycles. The Kier molecular flexibility index (Phi) is 3.11. The highest BCUT2D eigenvalue weighted by Crippen LogP contribution is 2.01. The summed E-state index contributed by atoms with van der Waals surface area (Å²) in [4.78, 5) is 4.10. The minimum Gasteiger partial charge on any atom is -0.249 e. The van der Waals surface area contributed by atoms with Crippen molar-refractivity contribution in [3.63, 3.8) is 0 Å². The number of aryl methyl sites for hydroxylation is 1. The lowest BCUT2D eigenvalue weighted by Crippen LogP contribution is -2.02. The molecule has 0 saturated heterocycles. The molecular formula is C6H10IN3. The van der Waals surface area contributed by atoms with E-state index in [1.165, 1.54) is 0 Å². The normalized spacial score (nSPS) is 10.2. The maximum atomic E-state index is 4.10. The van der Waals surface area contributed by atoms with E-state index >= 15 is 0 Å². The van der Waals surface area contributed by atoms with E-state index in [2.05, 4.69) is 39.6 Å². The zero-order valence-corrected chi connectivity index (χ0v) is 8.08. The van der Waals surface area contributed by atoms with Crippen LogP contribution in [0.4, 0.5) is 0 Å².